The largest absolute Gasteiger partial charge is 0.376 e. The minimum absolute atomic E-state index is 0.128. The summed E-state index contributed by atoms with van der Waals surface area (Å²) in [4.78, 5) is 14.5. The van der Waals surface area contributed by atoms with Gasteiger partial charge in [0, 0.05) is 19.5 Å². The fourth-order valence-electron chi connectivity index (χ4n) is 2.45. The molecule has 0 saturated carbocycles. The monoisotopic (exact) mass is 261 g/mol. The summed E-state index contributed by atoms with van der Waals surface area (Å²) in [5.41, 5.74) is 1.66. The van der Waals surface area contributed by atoms with Crippen LogP contribution in [0.5, 0.6) is 0 Å². The van der Waals surface area contributed by atoms with Gasteiger partial charge in [-0.15, -0.1) is 0 Å². The topological polar surface area (TPSA) is 44.4 Å². The van der Waals surface area contributed by atoms with Gasteiger partial charge in [0.05, 0.1) is 11.4 Å². The van der Waals surface area contributed by atoms with Crippen LogP contribution in [-0.2, 0) is 4.79 Å². The predicted octanol–water partition coefficient (Wildman–Crippen LogP) is 2.08. The maximum Gasteiger partial charge on any atom is 0.230 e. The summed E-state index contributed by atoms with van der Waals surface area (Å²) in [5, 5.41) is 6.39. The number of carbonyl (C=O) groups excluding carboxylic acids is 1. The second kappa shape index (κ2) is 5.61. The molecule has 0 bridgehead atoms. The molecule has 2 rings (SSSR count). The SMILES string of the molecule is CN(C)c1ccccc1NC(=O)C1(C)CCNCC1. The molecule has 2 N–H and O–H groups in total. The summed E-state index contributed by atoms with van der Waals surface area (Å²) >= 11 is 0. The Balaban J connectivity index is 2.14. The van der Waals surface area contributed by atoms with Gasteiger partial charge in [-0.1, -0.05) is 19.1 Å². The second-order valence-corrected chi connectivity index (χ2v) is 5.68. The molecule has 19 heavy (non-hydrogen) atoms. The van der Waals surface area contributed by atoms with Crippen LogP contribution >= 0.6 is 0 Å². The highest BCUT2D eigenvalue weighted by atomic mass is 16.2. The highest BCUT2D eigenvalue weighted by Crippen LogP contribution is 2.31. The molecule has 1 aliphatic heterocycles. The third-order valence-electron chi connectivity index (χ3n) is 3.89. The van der Waals surface area contributed by atoms with E-state index in [1.807, 2.05) is 43.3 Å². The third-order valence-corrected chi connectivity index (χ3v) is 3.89. The number of rotatable bonds is 3. The van der Waals surface area contributed by atoms with Crippen molar-refractivity contribution in [2.45, 2.75) is 19.8 Å². The normalized spacial score (nSPS) is 17.8. The number of para-hydroxylation sites is 2. The Hall–Kier alpha value is -1.55. The Morgan fingerprint density at radius 1 is 1.26 bits per heavy atom. The highest BCUT2D eigenvalue weighted by Gasteiger charge is 2.34. The summed E-state index contributed by atoms with van der Waals surface area (Å²) in [6, 6.07) is 7.91. The quantitative estimate of drug-likeness (QED) is 0.875. The van der Waals surface area contributed by atoms with Crippen LogP contribution in [0.1, 0.15) is 19.8 Å². The summed E-state index contributed by atoms with van der Waals surface area (Å²) in [5.74, 6) is 0.128. The van der Waals surface area contributed by atoms with E-state index in [1.165, 1.54) is 0 Å². The van der Waals surface area contributed by atoms with E-state index in [0.717, 1.165) is 37.3 Å². The van der Waals surface area contributed by atoms with Crippen LogP contribution < -0.4 is 15.5 Å². The van der Waals surface area contributed by atoms with Gasteiger partial charge >= 0.3 is 0 Å². The predicted molar refractivity (Wildman–Crippen MR) is 79.6 cm³/mol. The molecular formula is C15H23N3O. The zero-order valence-corrected chi connectivity index (χ0v) is 12.0. The molecule has 0 aromatic heterocycles. The maximum atomic E-state index is 12.5. The minimum atomic E-state index is -0.259. The molecule has 1 aliphatic rings. The van der Waals surface area contributed by atoms with Crippen LogP contribution in [0, 0.1) is 5.41 Å². The third kappa shape index (κ3) is 3.07. The summed E-state index contributed by atoms with van der Waals surface area (Å²) in [6.07, 6.45) is 1.78. The first-order valence-corrected chi connectivity index (χ1v) is 6.81. The number of nitrogens with zero attached hydrogens (tertiary/aromatic N) is 1. The first-order valence-electron chi connectivity index (χ1n) is 6.81. The number of benzene rings is 1. The lowest BCUT2D eigenvalue weighted by Gasteiger charge is -2.33. The van der Waals surface area contributed by atoms with Gasteiger partial charge in [-0.25, -0.2) is 0 Å². The van der Waals surface area contributed by atoms with Crippen LogP contribution in [0.15, 0.2) is 24.3 Å². The number of hydrogen-bond acceptors (Lipinski definition) is 3. The Morgan fingerprint density at radius 3 is 2.53 bits per heavy atom. The molecule has 104 valence electrons. The molecule has 4 heteroatoms. The van der Waals surface area contributed by atoms with Crippen molar-refractivity contribution in [2.75, 3.05) is 37.4 Å². The number of hydrogen-bond donors (Lipinski definition) is 2. The van der Waals surface area contributed by atoms with E-state index in [1.54, 1.807) is 0 Å². The molecule has 0 aliphatic carbocycles. The van der Waals surface area contributed by atoms with Gasteiger partial charge in [0.25, 0.3) is 0 Å². The van der Waals surface area contributed by atoms with Gasteiger partial charge in [0.1, 0.15) is 0 Å². The fraction of sp³-hybridized carbons (Fsp3) is 0.533. The molecule has 1 amide bonds. The fourth-order valence-corrected chi connectivity index (χ4v) is 2.45. The molecular weight excluding hydrogens is 238 g/mol. The Bertz CT molecular complexity index is 450. The molecule has 0 atom stereocenters. The lowest BCUT2D eigenvalue weighted by Crippen LogP contribution is -2.43. The van der Waals surface area contributed by atoms with E-state index in [4.69, 9.17) is 0 Å². The van der Waals surface area contributed by atoms with E-state index < -0.39 is 0 Å². The number of piperidine rings is 1. The van der Waals surface area contributed by atoms with E-state index in [9.17, 15) is 4.79 Å². The lowest BCUT2D eigenvalue weighted by atomic mass is 9.80. The molecule has 1 saturated heterocycles. The number of anilines is 2. The number of nitrogens with one attached hydrogen (secondary N) is 2. The lowest BCUT2D eigenvalue weighted by molar-refractivity contribution is -0.126. The van der Waals surface area contributed by atoms with Crippen molar-refractivity contribution < 1.29 is 4.79 Å². The zero-order chi connectivity index (χ0) is 13.9. The summed E-state index contributed by atoms with van der Waals surface area (Å²) in [6.45, 7) is 3.89. The van der Waals surface area contributed by atoms with Crippen LogP contribution in [0.2, 0.25) is 0 Å². The van der Waals surface area contributed by atoms with E-state index in [-0.39, 0.29) is 11.3 Å². The molecule has 1 fully saturated rings. The molecule has 0 unspecified atom stereocenters. The van der Waals surface area contributed by atoms with Gasteiger partial charge in [-0.2, -0.15) is 0 Å². The summed E-state index contributed by atoms with van der Waals surface area (Å²) in [7, 11) is 3.97. The average molecular weight is 261 g/mol. The number of carbonyl (C=O) groups is 1. The smallest absolute Gasteiger partial charge is 0.230 e. The van der Waals surface area contributed by atoms with E-state index in [0.29, 0.717) is 0 Å². The zero-order valence-electron chi connectivity index (χ0n) is 12.0. The Morgan fingerprint density at radius 2 is 1.89 bits per heavy atom. The van der Waals surface area contributed by atoms with Crippen molar-refractivity contribution in [3.63, 3.8) is 0 Å². The molecule has 1 heterocycles. The molecule has 0 spiro atoms. The molecule has 1 aromatic carbocycles. The second-order valence-electron chi connectivity index (χ2n) is 5.68. The molecule has 0 radical (unpaired) electrons. The van der Waals surface area contributed by atoms with Gasteiger partial charge in [-0.05, 0) is 38.1 Å². The molecule has 1 aromatic rings. The first-order chi connectivity index (χ1) is 9.03. The van der Waals surface area contributed by atoms with Crippen LogP contribution in [-0.4, -0.2) is 33.1 Å². The van der Waals surface area contributed by atoms with Crippen molar-refractivity contribution in [3.8, 4) is 0 Å². The minimum Gasteiger partial charge on any atom is -0.376 e. The van der Waals surface area contributed by atoms with Crippen molar-refractivity contribution in [2.24, 2.45) is 5.41 Å². The van der Waals surface area contributed by atoms with Crippen molar-refractivity contribution in [1.29, 1.82) is 0 Å². The van der Waals surface area contributed by atoms with Crippen molar-refractivity contribution in [3.05, 3.63) is 24.3 Å². The van der Waals surface area contributed by atoms with Gasteiger partial charge < -0.3 is 15.5 Å². The number of amides is 1. The van der Waals surface area contributed by atoms with Crippen LogP contribution in [0.4, 0.5) is 11.4 Å². The highest BCUT2D eigenvalue weighted by molar-refractivity contribution is 5.97. The van der Waals surface area contributed by atoms with Gasteiger partial charge in [-0.3, -0.25) is 4.79 Å². The van der Waals surface area contributed by atoms with Crippen molar-refractivity contribution >= 4 is 17.3 Å². The van der Waals surface area contributed by atoms with Crippen LogP contribution in [0.25, 0.3) is 0 Å². The summed E-state index contributed by atoms with van der Waals surface area (Å²) < 4.78 is 0. The maximum absolute atomic E-state index is 12.5. The Kier molecular flexibility index (Phi) is 4.10. The van der Waals surface area contributed by atoms with Gasteiger partial charge in [0.15, 0.2) is 0 Å². The standard InChI is InChI=1S/C15H23N3O/c1-15(8-10-16-11-9-15)14(19)17-12-6-4-5-7-13(12)18(2)3/h4-7,16H,8-11H2,1-3H3,(H,17,19). The van der Waals surface area contributed by atoms with Crippen LogP contribution in [0.3, 0.4) is 0 Å². The average Bonchev–Trinajstić information content (AvgIpc) is 2.40. The first kappa shape index (κ1) is 13.9. The van der Waals surface area contributed by atoms with Crippen molar-refractivity contribution in [1.82, 2.24) is 5.32 Å². The molecule has 4 nitrogen and oxygen atoms in total. The van der Waals surface area contributed by atoms with Gasteiger partial charge in [0.2, 0.25) is 5.91 Å². The Labute approximate surface area is 115 Å². The van der Waals surface area contributed by atoms with E-state index >= 15 is 0 Å². The van der Waals surface area contributed by atoms with E-state index in [2.05, 4.69) is 17.6 Å².